The first-order chi connectivity index (χ1) is 8.79. The third kappa shape index (κ3) is 1.97. The van der Waals surface area contributed by atoms with Gasteiger partial charge in [-0.3, -0.25) is 5.10 Å². The molecule has 2 heterocycles. The SMILES string of the molecule is COCCN(c1nc(N)nc2[nH]ncc12)C1CC1. The summed E-state index contributed by atoms with van der Waals surface area (Å²) in [6, 6.07) is 0.535. The van der Waals surface area contributed by atoms with E-state index in [1.807, 2.05) is 0 Å². The Morgan fingerprint density at radius 1 is 1.50 bits per heavy atom. The van der Waals surface area contributed by atoms with Crippen molar-refractivity contribution in [2.75, 3.05) is 30.9 Å². The van der Waals surface area contributed by atoms with Gasteiger partial charge >= 0.3 is 0 Å². The fraction of sp³-hybridized carbons (Fsp3) is 0.545. The van der Waals surface area contributed by atoms with E-state index >= 15 is 0 Å². The second-order valence-electron chi connectivity index (χ2n) is 4.46. The summed E-state index contributed by atoms with van der Waals surface area (Å²) in [6.07, 6.45) is 4.12. The average molecular weight is 248 g/mol. The molecule has 0 atom stereocenters. The van der Waals surface area contributed by atoms with Crippen LogP contribution in [0.2, 0.25) is 0 Å². The highest BCUT2D eigenvalue weighted by molar-refractivity contribution is 5.87. The standard InChI is InChI=1S/C11H16N6O/c1-18-5-4-17(7-2-3-7)10-8-6-13-16-9(8)14-11(12)15-10/h6-7H,2-5H2,1H3,(H3,12,13,14,15,16). The van der Waals surface area contributed by atoms with E-state index in [1.165, 1.54) is 12.8 Å². The number of rotatable bonds is 5. The number of nitrogens with two attached hydrogens (primary N) is 1. The van der Waals surface area contributed by atoms with Gasteiger partial charge in [0.25, 0.3) is 0 Å². The molecular weight excluding hydrogens is 232 g/mol. The number of aromatic amines is 1. The van der Waals surface area contributed by atoms with Crippen molar-refractivity contribution >= 4 is 22.8 Å². The van der Waals surface area contributed by atoms with Gasteiger partial charge in [-0.15, -0.1) is 0 Å². The highest BCUT2D eigenvalue weighted by Gasteiger charge is 2.31. The quantitative estimate of drug-likeness (QED) is 0.802. The van der Waals surface area contributed by atoms with E-state index in [9.17, 15) is 0 Å². The fourth-order valence-corrected chi connectivity index (χ4v) is 2.09. The normalized spacial score (nSPS) is 15.2. The van der Waals surface area contributed by atoms with Crippen molar-refractivity contribution in [3.8, 4) is 0 Å². The van der Waals surface area contributed by atoms with E-state index in [0.29, 0.717) is 18.3 Å². The minimum Gasteiger partial charge on any atom is -0.383 e. The van der Waals surface area contributed by atoms with E-state index in [1.54, 1.807) is 13.3 Å². The number of nitrogen functional groups attached to an aromatic ring is 1. The predicted octanol–water partition coefficient (Wildman–Crippen LogP) is 0.550. The molecule has 18 heavy (non-hydrogen) atoms. The second kappa shape index (κ2) is 4.41. The van der Waals surface area contributed by atoms with Gasteiger partial charge in [0.2, 0.25) is 5.95 Å². The van der Waals surface area contributed by atoms with E-state index in [4.69, 9.17) is 10.5 Å². The van der Waals surface area contributed by atoms with E-state index in [0.717, 1.165) is 17.7 Å². The second-order valence-corrected chi connectivity index (χ2v) is 4.46. The Morgan fingerprint density at radius 2 is 2.33 bits per heavy atom. The Bertz CT molecular complexity index is 549. The molecule has 1 aliphatic rings. The summed E-state index contributed by atoms with van der Waals surface area (Å²) in [7, 11) is 1.70. The summed E-state index contributed by atoms with van der Waals surface area (Å²) in [5.41, 5.74) is 6.42. The molecule has 3 rings (SSSR count). The highest BCUT2D eigenvalue weighted by atomic mass is 16.5. The van der Waals surface area contributed by atoms with Crippen LogP contribution in [-0.2, 0) is 4.74 Å². The maximum absolute atomic E-state index is 5.74. The summed E-state index contributed by atoms with van der Waals surface area (Å²) in [6.45, 7) is 1.47. The number of nitrogens with zero attached hydrogens (tertiary/aromatic N) is 4. The van der Waals surface area contributed by atoms with Crippen LogP contribution in [0.15, 0.2) is 6.20 Å². The van der Waals surface area contributed by atoms with Gasteiger partial charge in [0.1, 0.15) is 5.82 Å². The molecule has 0 bridgehead atoms. The number of fused-ring (bicyclic) bond motifs is 1. The van der Waals surface area contributed by atoms with E-state index in [-0.39, 0.29) is 5.95 Å². The Kier molecular flexibility index (Phi) is 2.75. The smallest absolute Gasteiger partial charge is 0.224 e. The van der Waals surface area contributed by atoms with Crippen molar-refractivity contribution in [1.29, 1.82) is 0 Å². The topological polar surface area (TPSA) is 93.0 Å². The van der Waals surface area contributed by atoms with Crippen molar-refractivity contribution in [1.82, 2.24) is 20.2 Å². The molecule has 0 radical (unpaired) electrons. The predicted molar refractivity (Wildman–Crippen MR) is 68.3 cm³/mol. The number of hydrogen-bond donors (Lipinski definition) is 2. The largest absolute Gasteiger partial charge is 0.383 e. The number of hydrogen-bond acceptors (Lipinski definition) is 6. The van der Waals surface area contributed by atoms with Crippen LogP contribution < -0.4 is 10.6 Å². The molecule has 0 saturated heterocycles. The van der Waals surface area contributed by atoms with Gasteiger partial charge in [-0.2, -0.15) is 15.1 Å². The maximum Gasteiger partial charge on any atom is 0.224 e. The number of ether oxygens (including phenoxy) is 1. The van der Waals surface area contributed by atoms with Crippen molar-refractivity contribution in [3.05, 3.63) is 6.20 Å². The zero-order valence-electron chi connectivity index (χ0n) is 10.3. The molecule has 1 saturated carbocycles. The molecule has 7 nitrogen and oxygen atoms in total. The lowest BCUT2D eigenvalue weighted by atomic mass is 10.3. The van der Waals surface area contributed by atoms with E-state index < -0.39 is 0 Å². The zero-order chi connectivity index (χ0) is 12.5. The van der Waals surface area contributed by atoms with Crippen molar-refractivity contribution in [2.24, 2.45) is 0 Å². The van der Waals surface area contributed by atoms with E-state index in [2.05, 4.69) is 25.1 Å². The maximum atomic E-state index is 5.74. The molecule has 3 N–H and O–H groups in total. The van der Waals surface area contributed by atoms with Crippen LogP contribution in [0.4, 0.5) is 11.8 Å². The average Bonchev–Trinajstić information content (AvgIpc) is 3.08. The Hall–Kier alpha value is -1.89. The van der Waals surface area contributed by atoms with Gasteiger partial charge in [0, 0.05) is 19.7 Å². The minimum absolute atomic E-state index is 0.268. The summed E-state index contributed by atoms with van der Waals surface area (Å²) < 4.78 is 5.16. The van der Waals surface area contributed by atoms with Gasteiger partial charge in [0.05, 0.1) is 18.2 Å². The Balaban J connectivity index is 2.01. The van der Waals surface area contributed by atoms with Gasteiger partial charge in [0.15, 0.2) is 5.65 Å². The van der Waals surface area contributed by atoms with Gasteiger partial charge in [-0.05, 0) is 12.8 Å². The lowest BCUT2D eigenvalue weighted by Gasteiger charge is -2.23. The monoisotopic (exact) mass is 248 g/mol. The zero-order valence-corrected chi connectivity index (χ0v) is 10.3. The number of H-pyrrole nitrogens is 1. The van der Waals surface area contributed by atoms with Gasteiger partial charge in [-0.1, -0.05) is 0 Å². The van der Waals surface area contributed by atoms with Crippen molar-refractivity contribution in [2.45, 2.75) is 18.9 Å². The molecule has 1 aliphatic carbocycles. The summed E-state index contributed by atoms with van der Waals surface area (Å²) in [5, 5.41) is 7.75. The van der Waals surface area contributed by atoms with Crippen LogP contribution >= 0.6 is 0 Å². The van der Waals surface area contributed by atoms with Crippen LogP contribution in [-0.4, -0.2) is 46.5 Å². The summed E-state index contributed by atoms with van der Waals surface area (Å²) in [4.78, 5) is 10.7. The molecular formula is C11H16N6O. The minimum atomic E-state index is 0.268. The first-order valence-corrected chi connectivity index (χ1v) is 6.02. The molecule has 7 heteroatoms. The third-order valence-electron chi connectivity index (χ3n) is 3.10. The first-order valence-electron chi connectivity index (χ1n) is 6.02. The molecule has 2 aromatic rings. The number of anilines is 2. The molecule has 1 fully saturated rings. The molecule has 96 valence electrons. The number of aromatic nitrogens is 4. The lowest BCUT2D eigenvalue weighted by Crippen LogP contribution is -2.30. The van der Waals surface area contributed by atoms with Crippen LogP contribution in [0.25, 0.3) is 11.0 Å². The lowest BCUT2D eigenvalue weighted by molar-refractivity contribution is 0.205. The van der Waals surface area contributed by atoms with Crippen molar-refractivity contribution < 1.29 is 4.74 Å². The van der Waals surface area contributed by atoms with Crippen LogP contribution in [0.5, 0.6) is 0 Å². The van der Waals surface area contributed by atoms with Crippen LogP contribution in [0, 0.1) is 0 Å². The molecule has 0 amide bonds. The summed E-state index contributed by atoms with van der Waals surface area (Å²) in [5.74, 6) is 1.12. The number of methoxy groups -OCH3 is 1. The Morgan fingerprint density at radius 3 is 3.06 bits per heavy atom. The first kappa shape index (κ1) is 11.2. The third-order valence-corrected chi connectivity index (χ3v) is 3.10. The van der Waals surface area contributed by atoms with Crippen LogP contribution in [0.3, 0.4) is 0 Å². The Labute approximate surface area is 104 Å². The molecule has 0 aliphatic heterocycles. The van der Waals surface area contributed by atoms with Gasteiger partial charge in [-0.25, -0.2) is 0 Å². The van der Waals surface area contributed by atoms with Crippen molar-refractivity contribution in [3.63, 3.8) is 0 Å². The van der Waals surface area contributed by atoms with Gasteiger partial charge < -0.3 is 15.4 Å². The van der Waals surface area contributed by atoms with Crippen LogP contribution in [0.1, 0.15) is 12.8 Å². The molecule has 2 aromatic heterocycles. The molecule has 0 aromatic carbocycles. The molecule has 0 unspecified atom stereocenters. The summed E-state index contributed by atoms with van der Waals surface area (Å²) >= 11 is 0. The molecule has 0 spiro atoms. The highest BCUT2D eigenvalue weighted by Crippen LogP contribution is 2.33. The number of nitrogens with one attached hydrogen (secondary N) is 1. The fourth-order valence-electron chi connectivity index (χ4n) is 2.09.